The van der Waals surface area contributed by atoms with Gasteiger partial charge in [-0.25, -0.2) is 4.79 Å². The number of amides is 2. The molecule has 2 atom stereocenters. The summed E-state index contributed by atoms with van der Waals surface area (Å²) in [5.41, 5.74) is 0. The third kappa shape index (κ3) is 5.00. The minimum atomic E-state index is -0.809. The van der Waals surface area contributed by atoms with Crippen molar-refractivity contribution in [2.75, 3.05) is 26.2 Å². The molecule has 20 heavy (non-hydrogen) atoms. The Labute approximate surface area is 121 Å². The summed E-state index contributed by atoms with van der Waals surface area (Å²) in [6.45, 7) is 8.25. The molecule has 0 aliphatic carbocycles. The Morgan fingerprint density at radius 3 is 2.30 bits per heavy atom. The van der Waals surface area contributed by atoms with Crippen molar-refractivity contribution in [1.82, 2.24) is 15.1 Å². The van der Waals surface area contributed by atoms with Gasteiger partial charge in [-0.1, -0.05) is 19.8 Å². The number of urea groups is 1. The highest BCUT2D eigenvalue weighted by molar-refractivity contribution is 5.75. The maximum Gasteiger partial charge on any atom is 0.320 e. The van der Waals surface area contributed by atoms with Gasteiger partial charge in [0.15, 0.2) is 0 Å². The predicted octanol–water partition coefficient (Wildman–Crippen LogP) is 1.37. The third-order valence-corrected chi connectivity index (χ3v) is 3.87. The molecule has 0 aromatic heterocycles. The topological polar surface area (TPSA) is 72.9 Å². The number of nitrogens with one attached hydrogen (secondary N) is 1. The van der Waals surface area contributed by atoms with E-state index < -0.39 is 12.0 Å². The summed E-state index contributed by atoms with van der Waals surface area (Å²) in [7, 11) is 0. The maximum absolute atomic E-state index is 12.1. The maximum atomic E-state index is 12.1. The first-order valence-electron chi connectivity index (χ1n) is 7.48. The Morgan fingerprint density at radius 2 is 1.80 bits per heavy atom. The van der Waals surface area contributed by atoms with Crippen LogP contribution in [0.1, 0.15) is 40.0 Å². The van der Waals surface area contributed by atoms with Crippen molar-refractivity contribution in [1.29, 1.82) is 0 Å². The fourth-order valence-corrected chi connectivity index (χ4v) is 2.35. The number of aliphatic carboxylic acids is 1. The monoisotopic (exact) mass is 285 g/mol. The molecular weight excluding hydrogens is 258 g/mol. The third-order valence-electron chi connectivity index (χ3n) is 3.87. The molecule has 0 spiro atoms. The van der Waals surface area contributed by atoms with Crippen molar-refractivity contribution in [2.24, 2.45) is 0 Å². The van der Waals surface area contributed by atoms with Crippen molar-refractivity contribution in [3.05, 3.63) is 0 Å². The second kappa shape index (κ2) is 8.09. The number of carboxylic acids is 1. The van der Waals surface area contributed by atoms with Crippen LogP contribution < -0.4 is 5.32 Å². The fraction of sp³-hybridized carbons (Fsp3) is 0.857. The Balaban J connectivity index is 2.33. The summed E-state index contributed by atoms with van der Waals surface area (Å²) in [6.07, 6.45) is 3.25. The Kier molecular flexibility index (Phi) is 6.78. The second-order valence-corrected chi connectivity index (χ2v) is 5.53. The predicted molar refractivity (Wildman–Crippen MR) is 77.8 cm³/mol. The Bertz CT molecular complexity index is 328. The molecule has 1 heterocycles. The highest BCUT2D eigenvalue weighted by Crippen LogP contribution is 2.08. The summed E-state index contributed by atoms with van der Waals surface area (Å²) in [5.74, 6) is -0.809. The first-order chi connectivity index (χ1) is 9.45. The molecule has 0 aromatic rings. The van der Waals surface area contributed by atoms with Gasteiger partial charge in [0, 0.05) is 32.2 Å². The molecule has 0 radical (unpaired) electrons. The van der Waals surface area contributed by atoms with Gasteiger partial charge >= 0.3 is 12.0 Å². The summed E-state index contributed by atoms with van der Waals surface area (Å²) >= 11 is 0. The molecule has 2 amide bonds. The van der Waals surface area contributed by atoms with E-state index in [1.54, 1.807) is 11.8 Å². The van der Waals surface area contributed by atoms with Gasteiger partial charge in [-0.2, -0.15) is 0 Å². The van der Waals surface area contributed by atoms with E-state index in [0.29, 0.717) is 26.2 Å². The number of unbranched alkanes of at least 4 members (excludes halogenated alkanes) is 1. The van der Waals surface area contributed by atoms with E-state index in [9.17, 15) is 9.59 Å². The summed E-state index contributed by atoms with van der Waals surface area (Å²) < 4.78 is 0. The second-order valence-electron chi connectivity index (χ2n) is 5.53. The largest absolute Gasteiger partial charge is 0.480 e. The van der Waals surface area contributed by atoms with Crippen LogP contribution in [0, 0.1) is 0 Å². The zero-order valence-electron chi connectivity index (χ0n) is 12.8. The number of rotatable bonds is 6. The van der Waals surface area contributed by atoms with E-state index in [4.69, 9.17) is 5.11 Å². The molecule has 1 rings (SSSR count). The van der Waals surface area contributed by atoms with Gasteiger partial charge in [0.05, 0.1) is 0 Å². The van der Waals surface area contributed by atoms with Crippen LogP contribution in [0.25, 0.3) is 0 Å². The lowest BCUT2D eigenvalue weighted by Crippen LogP contribution is -2.55. The van der Waals surface area contributed by atoms with Crippen LogP contribution in [0.5, 0.6) is 0 Å². The van der Waals surface area contributed by atoms with Crippen LogP contribution in [0.15, 0.2) is 0 Å². The zero-order valence-corrected chi connectivity index (χ0v) is 12.8. The molecule has 6 nitrogen and oxygen atoms in total. The molecule has 1 fully saturated rings. The Morgan fingerprint density at radius 1 is 1.20 bits per heavy atom. The minimum absolute atomic E-state index is 0.0313. The summed E-state index contributed by atoms with van der Waals surface area (Å²) in [6, 6.07) is -0.321. The molecule has 0 bridgehead atoms. The lowest BCUT2D eigenvalue weighted by Gasteiger charge is -2.37. The number of carboxylic acid groups (broad SMARTS) is 1. The van der Waals surface area contributed by atoms with Crippen LogP contribution in [-0.2, 0) is 4.79 Å². The minimum Gasteiger partial charge on any atom is -0.480 e. The van der Waals surface area contributed by atoms with Crippen LogP contribution >= 0.6 is 0 Å². The van der Waals surface area contributed by atoms with Gasteiger partial charge in [0.25, 0.3) is 0 Å². The van der Waals surface area contributed by atoms with Gasteiger partial charge < -0.3 is 15.3 Å². The van der Waals surface area contributed by atoms with Gasteiger partial charge in [-0.05, 0) is 20.3 Å². The fourth-order valence-electron chi connectivity index (χ4n) is 2.35. The number of carbonyl (C=O) groups excluding carboxylic acids is 1. The van der Waals surface area contributed by atoms with E-state index in [2.05, 4.69) is 12.2 Å². The lowest BCUT2D eigenvalue weighted by atomic mass is 10.1. The van der Waals surface area contributed by atoms with Crippen LogP contribution in [0.4, 0.5) is 4.79 Å². The zero-order chi connectivity index (χ0) is 15.1. The van der Waals surface area contributed by atoms with E-state index in [1.165, 1.54) is 0 Å². The van der Waals surface area contributed by atoms with E-state index in [-0.39, 0.29) is 12.1 Å². The average molecular weight is 285 g/mol. The lowest BCUT2D eigenvalue weighted by molar-refractivity contribution is -0.143. The van der Waals surface area contributed by atoms with Gasteiger partial charge in [-0.15, -0.1) is 0 Å². The van der Waals surface area contributed by atoms with Gasteiger partial charge in [0.2, 0.25) is 0 Å². The first kappa shape index (κ1) is 16.8. The van der Waals surface area contributed by atoms with Crippen LogP contribution in [-0.4, -0.2) is 65.2 Å². The highest BCUT2D eigenvalue weighted by Gasteiger charge is 2.27. The van der Waals surface area contributed by atoms with E-state index in [1.807, 2.05) is 11.8 Å². The highest BCUT2D eigenvalue weighted by atomic mass is 16.4. The van der Waals surface area contributed by atoms with Crippen molar-refractivity contribution in [2.45, 2.75) is 52.1 Å². The summed E-state index contributed by atoms with van der Waals surface area (Å²) in [4.78, 5) is 26.7. The van der Waals surface area contributed by atoms with Crippen molar-refractivity contribution < 1.29 is 14.7 Å². The number of carbonyl (C=O) groups is 2. The number of hydrogen-bond donors (Lipinski definition) is 2. The smallest absolute Gasteiger partial charge is 0.320 e. The summed E-state index contributed by atoms with van der Waals surface area (Å²) in [5, 5.41) is 12.0. The standard InChI is InChI=1S/C14H27N3O3/c1-4-5-6-11(2)15-14(20)17-9-7-16(8-10-17)12(3)13(18)19/h11-12H,4-10H2,1-3H3,(H,15,20)(H,18,19). The first-order valence-corrected chi connectivity index (χ1v) is 7.48. The number of nitrogens with zero attached hydrogens (tertiary/aromatic N) is 2. The molecular formula is C14H27N3O3. The van der Waals surface area contributed by atoms with Gasteiger partial charge in [-0.3, -0.25) is 9.69 Å². The number of hydrogen-bond acceptors (Lipinski definition) is 3. The molecule has 6 heteroatoms. The molecule has 0 saturated carbocycles. The quantitative estimate of drug-likeness (QED) is 0.773. The molecule has 0 aromatic carbocycles. The van der Waals surface area contributed by atoms with Crippen molar-refractivity contribution in [3.63, 3.8) is 0 Å². The SMILES string of the molecule is CCCCC(C)NC(=O)N1CCN(C(C)C(=O)O)CC1. The number of piperazine rings is 1. The van der Waals surface area contributed by atoms with Gasteiger partial charge in [0.1, 0.15) is 6.04 Å². The van der Waals surface area contributed by atoms with Crippen LogP contribution in [0.3, 0.4) is 0 Å². The molecule has 1 aliphatic rings. The average Bonchev–Trinajstić information content (AvgIpc) is 2.44. The molecule has 2 N–H and O–H groups in total. The molecule has 2 unspecified atom stereocenters. The normalized spacial score (nSPS) is 19.4. The van der Waals surface area contributed by atoms with Crippen molar-refractivity contribution in [3.8, 4) is 0 Å². The molecule has 116 valence electrons. The Hall–Kier alpha value is -1.30. The van der Waals surface area contributed by atoms with Crippen LogP contribution in [0.2, 0.25) is 0 Å². The van der Waals surface area contributed by atoms with E-state index >= 15 is 0 Å². The van der Waals surface area contributed by atoms with E-state index in [0.717, 1.165) is 19.3 Å². The molecule has 1 saturated heterocycles. The molecule has 1 aliphatic heterocycles. The van der Waals surface area contributed by atoms with Crippen molar-refractivity contribution >= 4 is 12.0 Å².